The highest BCUT2D eigenvalue weighted by Crippen LogP contribution is 2.42. The Morgan fingerprint density at radius 2 is 1.85 bits per heavy atom. The summed E-state index contributed by atoms with van der Waals surface area (Å²) in [5.74, 6) is 2.02. The minimum atomic E-state index is 0.172. The predicted molar refractivity (Wildman–Crippen MR) is 159 cm³/mol. The van der Waals surface area contributed by atoms with Crippen molar-refractivity contribution in [1.82, 2.24) is 29.2 Å². The van der Waals surface area contributed by atoms with Crippen LogP contribution >= 0.6 is 11.6 Å². The fourth-order valence-electron chi connectivity index (χ4n) is 6.52. The van der Waals surface area contributed by atoms with Gasteiger partial charge in [-0.1, -0.05) is 55.0 Å². The molecule has 8 heteroatoms. The lowest BCUT2D eigenvalue weighted by atomic mass is 9.78. The summed E-state index contributed by atoms with van der Waals surface area (Å²) in [6.07, 6.45) is 13.4. The molecule has 7 rings (SSSR count). The lowest BCUT2D eigenvalue weighted by molar-refractivity contribution is -0.131. The Morgan fingerprint density at radius 3 is 2.62 bits per heavy atom. The number of carbonyl (C=O) groups excluding carboxylic acids is 1. The monoisotopic (exact) mass is 552 g/mol. The average Bonchev–Trinajstić information content (AvgIpc) is 3.33. The van der Waals surface area contributed by atoms with E-state index in [1.54, 1.807) is 13.1 Å². The van der Waals surface area contributed by atoms with Crippen molar-refractivity contribution < 1.29 is 4.79 Å². The number of fused-ring (bicyclic) bond motifs is 2. The zero-order valence-corrected chi connectivity index (χ0v) is 23.7. The third-order valence-corrected chi connectivity index (χ3v) is 9.26. The van der Waals surface area contributed by atoms with E-state index in [-0.39, 0.29) is 5.91 Å². The molecule has 1 atom stereocenters. The maximum Gasteiger partial charge on any atom is 0.219 e. The fraction of sp³-hybridized carbons (Fsp3) is 0.375. The van der Waals surface area contributed by atoms with Gasteiger partial charge in [0.1, 0.15) is 11.3 Å². The normalized spacial score (nSPS) is 23.4. The summed E-state index contributed by atoms with van der Waals surface area (Å²) in [5, 5.41) is 1.56. The number of amides is 1. The number of allylic oxidation sites excluding steroid dienone is 4. The van der Waals surface area contributed by atoms with Gasteiger partial charge in [-0.15, -0.1) is 0 Å². The fourth-order valence-corrected chi connectivity index (χ4v) is 6.76. The SMILES string of the molecule is CC(=O)N1CCN(C2CC(c3nc(-c4ccc5ccc(C6=CC=CCC6C)nc5c4)c4c(Cl)nccn34)C2)CC1. The molecule has 1 aromatic carbocycles. The number of aromatic nitrogens is 4. The van der Waals surface area contributed by atoms with Gasteiger partial charge in [-0.3, -0.25) is 14.1 Å². The quantitative estimate of drug-likeness (QED) is 0.311. The Balaban J connectivity index is 1.19. The molecule has 2 aliphatic carbocycles. The van der Waals surface area contributed by atoms with Crippen LogP contribution in [0.5, 0.6) is 0 Å². The topological polar surface area (TPSA) is 66.6 Å². The first-order valence-corrected chi connectivity index (χ1v) is 14.6. The highest BCUT2D eigenvalue weighted by atomic mass is 35.5. The highest BCUT2D eigenvalue weighted by molar-refractivity contribution is 6.33. The molecule has 0 spiro atoms. The van der Waals surface area contributed by atoms with Crippen LogP contribution in [0, 0.1) is 5.92 Å². The van der Waals surface area contributed by atoms with Crippen LogP contribution in [0.25, 0.3) is 33.3 Å². The van der Waals surface area contributed by atoms with E-state index in [9.17, 15) is 4.79 Å². The molecule has 0 N–H and O–H groups in total. The van der Waals surface area contributed by atoms with Crippen molar-refractivity contribution in [3.8, 4) is 11.3 Å². The van der Waals surface area contributed by atoms with Crippen LogP contribution < -0.4 is 0 Å². The second-order valence-corrected chi connectivity index (χ2v) is 11.8. The summed E-state index contributed by atoms with van der Waals surface area (Å²) in [5.41, 5.74) is 5.96. The molecule has 1 saturated heterocycles. The first-order chi connectivity index (χ1) is 19.5. The molecule has 3 aliphatic rings. The predicted octanol–water partition coefficient (Wildman–Crippen LogP) is 5.99. The highest BCUT2D eigenvalue weighted by Gasteiger charge is 2.38. The van der Waals surface area contributed by atoms with Crippen LogP contribution in [-0.2, 0) is 4.79 Å². The van der Waals surface area contributed by atoms with Crippen molar-refractivity contribution >= 4 is 39.5 Å². The van der Waals surface area contributed by atoms with Gasteiger partial charge in [0, 0.05) is 68.4 Å². The van der Waals surface area contributed by atoms with E-state index in [0.29, 0.717) is 23.0 Å². The number of hydrogen-bond donors (Lipinski definition) is 0. The number of carbonyl (C=O) groups is 1. The van der Waals surface area contributed by atoms with Gasteiger partial charge in [0.25, 0.3) is 0 Å². The molecule has 4 heterocycles. The zero-order valence-electron chi connectivity index (χ0n) is 22.9. The van der Waals surface area contributed by atoms with Crippen LogP contribution in [0.1, 0.15) is 50.5 Å². The Hall–Kier alpha value is -3.55. The standard InChI is InChI=1S/C32H33ClN6O/c1-20-5-3-4-6-26(20)27-10-9-22-7-8-23(19-28(22)35-27)29-30-31(33)34-11-12-39(30)32(36-29)24-17-25(18-24)38-15-13-37(14-16-38)21(2)40/h3-4,6-12,19-20,24-25H,5,13-18H2,1-2H3. The number of piperazine rings is 1. The van der Waals surface area contributed by atoms with E-state index in [1.165, 1.54) is 5.57 Å². The van der Waals surface area contributed by atoms with Crippen molar-refractivity contribution in [1.29, 1.82) is 0 Å². The van der Waals surface area contributed by atoms with E-state index in [0.717, 1.165) is 84.6 Å². The van der Waals surface area contributed by atoms with Gasteiger partial charge in [0.05, 0.1) is 16.9 Å². The largest absolute Gasteiger partial charge is 0.340 e. The number of benzene rings is 1. The Labute approximate surface area is 239 Å². The van der Waals surface area contributed by atoms with Gasteiger partial charge in [-0.05, 0) is 42.9 Å². The number of nitrogens with zero attached hydrogens (tertiary/aromatic N) is 6. The second-order valence-electron chi connectivity index (χ2n) is 11.4. The molecule has 1 saturated carbocycles. The lowest BCUT2D eigenvalue weighted by Gasteiger charge is -2.46. The van der Waals surface area contributed by atoms with Crippen LogP contribution in [-0.4, -0.2) is 67.3 Å². The molecule has 40 heavy (non-hydrogen) atoms. The Kier molecular flexibility index (Phi) is 6.44. The molecule has 0 radical (unpaired) electrons. The van der Waals surface area contributed by atoms with E-state index in [4.69, 9.17) is 21.6 Å². The van der Waals surface area contributed by atoms with Crippen molar-refractivity contribution in [2.24, 2.45) is 5.92 Å². The third kappa shape index (κ3) is 4.41. The van der Waals surface area contributed by atoms with Crippen LogP contribution in [0.2, 0.25) is 5.15 Å². The van der Waals surface area contributed by atoms with Crippen molar-refractivity contribution in [3.63, 3.8) is 0 Å². The first kappa shape index (κ1) is 25.4. The van der Waals surface area contributed by atoms with Crippen molar-refractivity contribution in [2.75, 3.05) is 26.2 Å². The summed E-state index contributed by atoms with van der Waals surface area (Å²) in [4.78, 5) is 30.9. The van der Waals surface area contributed by atoms with Gasteiger partial charge < -0.3 is 4.90 Å². The van der Waals surface area contributed by atoms with E-state index < -0.39 is 0 Å². The van der Waals surface area contributed by atoms with Gasteiger partial charge in [-0.25, -0.2) is 15.0 Å². The minimum Gasteiger partial charge on any atom is -0.340 e. The summed E-state index contributed by atoms with van der Waals surface area (Å²) in [6, 6.07) is 11.2. The Bertz CT molecular complexity index is 1680. The second kappa shape index (κ2) is 10.1. The van der Waals surface area contributed by atoms with Crippen molar-refractivity contribution in [3.05, 3.63) is 77.6 Å². The molecule has 7 nitrogen and oxygen atoms in total. The summed E-state index contributed by atoms with van der Waals surface area (Å²) >= 11 is 6.70. The molecule has 1 amide bonds. The number of hydrogen-bond acceptors (Lipinski definition) is 5. The van der Waals surface area contributed by atoms with Gasteiger partial charge in [-0.2, -0.15) is 0 Å². The molecule has 2 fully saturated rings. The maximum absolute atomic E-state index is 11.7. The van der Waals surface area contributed by atoms with Crippen LogP contribution in [0.15, 0.2) is 61.0 Å². The zero-order chi connectivity index (χ0) is 27.4. The van der Waals surface area contributed by atoms with Crippen LogP contribution in [0.3, 0.4) is 0 Å². The van der Waals surface area contributed by atoms with Gasteiger partial charge >= 0.3 is 0 Å². The minimum absolute atomic E-state index is 0.172. The Morgan fingerprint density at radius 1 is 1.05 bits per heavy atom. The maximum atomic E-state index is 11.7. The van der Waals surface area contributed by atoms with E-state index in [1.807, 2.05) is 11.1 Å². The van der Waals surface area contributed by atoms with Gasteiger partial charge in [0.15, 0.2) is 5.15 Å². The number of halogens is 1. The summed E-state index contributed by atoms with van der Waals surface area (Å²) < 4.78 is 2.13. The van der Waals surface area contributed by atoms with Gasteiger partial charge in [0.2, 0.25) is 5.91 Å². The van der Waals surface area contributed by atoms with E-state index >= 15 is 0 Å². The molecule has 0 bridgehead atoms. The summed E-state index contributed by atoms with van der Waals surface area (Å²) in [7, 11) is 0. The molecular weight excluding hydrogens is 520 g/mol. The number of imidazole rings is 1. The average molecular weight is 553 g/mol. The number of pyridine rings is 1. The smallest absolute Gasteiger partial charge is 0.219 e. The molecule has 1 aliphatic heterocycles. The molecule has 4 aromatic rings. The molecule has 3 aromatic heterocycles. The molecule has 204 valence electrons. The van der Waals surface area contributed by atoms with E-state index in [2.05, 4.69) is 69.8 Å². The third-order valence-electron chi connectivity index (χ3n) is 8.99. The summed E-state index contributed by atoms with van der Waals surface area (Å²) in [6.45, 7) is 7.43. The number of rotatable bonds is 4. The lowest BCUT2D eigenvalue weighted by Crippen LogP contribution is -2.54. The first-order valence-electron chi connectivity index (χ1n) is 14.3. The molecular formula is C32H33ClN6O. The molecule has 1 unspecified atom stereocenters. The van der Waals surface area contributed by atoms with Crippen molar-refractivity contribution in [2.45, 2.75) is 45.1 Å². The van der Waals surface area contributed by atoms with Crippen LogP contribution in [0.4, 0.5) is 0 Å².